The molecule has 2 rings (SSSR count). The minimum absolute atomic E-state index is 0.00121. The lowest BCUT2D eigenvalue weighted by atomic mass is 10.3. The van der Waals surface area contributed by atoms with E-state index in [0.29, 0.717) is 31.1 Å². The Morgan fingerprint density at radius 1 is 1.09 bits per heavy atom. The fourth-order valence-electron chi connectivity index (χ4n) is 2.38. The lowest BCUT2D eigenvalue weighted by Crippen LogP contribution is -2.28. The Hall–Kier alpha value is -1.34. The van der Waals surface area contributed by atoms with Crippen LogP contribution in [-0.4, -0.2) is 32.0 Å². The third-order valence-electron chi connectivity index (χ3n) is 3.78. The van der Waals surface area contributed by atoms with Gasteiger partial charge in [0.1, 0.15) is 0 Å². The van der Waals surface area contributed by atoms with Crippen LogP contribution in [0.5, 0.6) is 0 Å². The fourth-order valence-corrected chi connectivity index (χ4v) is 2.80. The van der Waals surface area contributed by atoms with Crippen LogP contribution >= 0.6 is 27.5 Å². The number of rotatable bonds is 6. The van der Waals surface area contributed by atoms with Gasteiger partial charge in [-0.1, -0.05) is 11.6 Å². The maximum Gasteiger partial charge on any atom is 0.221 e. The monoisotopic (exact) mass is 401 g/mol. The molecule has 6 nitrogen and oxygen atoms in total. The molecule has 0 atom stereocenters. The van der Waals surface area contributed by atoms with Crippen LogP contribution in [0.4, 0.5) is 0 Å². The number of aromatic nitrogens is 4. The molecule has 0 aliphatic heterocycles. The number of hydrogen-bond donors (Lipinski definition) is 1. The Bertz CT molecular complexity index is 722. The average Bonchev–Trinajstić information content (AvgIpc) is 2.90. The van der Waals surface area contributed by atoms with Crippen molar-refractivity contribution in [1.29, 1.82) is 0 Å². The molecule has 0 aromatic carbocycles. The first kappa shape index (κ1) is 18.0. The normalized spacial score (nSPS) is 11.0. The summed E-state index contributed by atoms with van der Waals surface area (Å²) in [4.78, 5) is 11.9. The summed E-state index contributed by atoms with van der Waals surface area (Å²) in [5.41, 5.74) is 3.70. The van der Waals surface area contributed by atoms with Gasteiger partial charge in [-0.2, -0.15) is 10.2 Å². The number of nitrogens with zero attached hydrogens (tertiary/aromatic N) is 4. The maximum atomic E-state index is 11.9. The highest BCUT2D eigenvalue weighted by Crippen LogP contribution is 2.20. The summed E-state index contributed by atoms with van der Waals surface area (Å²) in [6.45, 7) is 9.41. The lowest BCUT2D eigenvalue weighted by molar-refractivity contribution is -0.121. The Labute approximate surface area is 149 Å². The summed E-state index contributed by atoms with van der Waals surface area (Å²) < 4.78 is 4.66. The van der Waals surface area contributed by atoms with Crippen LogP contribution in [0.2, 0.25) is 5.02 Å². The predicted molar refractivity (Wildman–Crippen MR) is 93.7 cm³/mol. The molecule has 0 saturated carbocycles. The summed E-state index contributed by atoms with van der Waals surface area (Å²) in [5.74, 6) is 0.00121. The van der Waals surface area contributed by atoms with Crippen molar-refractivity contribution in [2.75, 3.05) is 6.54 Å². The van der Waals surface area contributed by atoms with E-state index in [1.807, 2.05) is 37.1 Å². The van der Waals surface area contributed by atoms with Gasteiger partial charge in [0.25, 0.3) is 0 Å². The molecule has 0 saturated heterocycles. The fraction of sp³-hybridized carbons (Fsp3) is 0.533. The van der Waals surface area contributed by atoms with Crippen LogP contribution in [0.1, 0.15) is 29.2 Å². The number of halogens is 2. The van der Waals surface area contributed by atoms with Crippen molar-refractivity contribution in [3.63, 3.8) is 0 Å². The van der Waals surface area contributed by atoms with Crippen molar-refractivity contribution >= 4 is 33.4 Å². The molecule has 0 bridgehead atoms. The molecular weight excluding hydrogens is 382 g/mol. The summed E-state index contributed by atoms with van der Waals surface area (Å²) in [6, 6.07) is 0. The van der Waals surface area contributed by atoms with Crippen molar-refractivity contribution in [3.05, 3.63) is 32.3 Å². The number of carbonyl (C=O) groups excluding carboxylic acids is 1. The van der Waals surface area contributed by atoms with Crippen LogP contribution in [0.3, 0.4) is 0 Å². The molecular formula is C15H21BrClN5O. The SMILES string of the molecule is Cc1nn(CCNC(=O)CCn2nc(C)c(Br)c2C)c(C)c1Cl. The molecule has 0 radical (unpaired) electrons. The molecule has 0 aliphatic carbocycles. The van der Waals surface area contributed by atoms with E-state index in [2.05, 4.69) is 31.4 Å². The van der Waals surface area contributed by atoms with Gasteiger partial charge in [0.15, 0.2) is 0 Å². The number of nitrogens with one attached hydrogen (secondary N) is 1. The second kappa shape index (κ2) is 7.49. The van der Waals surface area contributed by atoms with Crippen molar-refractivity contribution in [2.45, 2.75) is 47.2 Å². The van der Waals surface area contributed by atoms with E-state index >= 15 is 0 Å². The van der Waals surface area contributed by atoms with Gasteiger partial charge >= 0.3 is 0 Å². The Kier molecular flexibility index (Phi) is 5.86. The predicted octanol–water partition coefficient (Wildman–Crippen LogP) is 2.94. The van der Waals surface area contributed by atoms with Crippen molar-refractivity contribution < 1.29 is 4.79 Å². The van der Waals surface area contributed by atoms with Crippen LogP contribution < -0.4 is 5.32 Å². The molecule has 0 unspecified atom stereocenters. The summed E-state index contributed by atoms with van der Waals surface area (Å²) >= 11 is 9.59. The first-order chi connectivity index (χ1) is 10.8. The van der Waals surface area contributed by atoms with Gasteiger partial charge in [-0.25, -0.2) is 0 Å². The zero-order valence-electron chi connectivity index (χ0n) is 13.8. The van der Waals surface area contributed by atoms with Crippen LogP contribution in [0, 0.1) is 27.7 Å². The van der Waals surface area contributed by atoms with Crippen molar-refractivity contribution in [2.24, 2.45) is 0 Å². The van der Waals surface area contributed by atoms with E-state index in [1.165, 1.54) is 0 Å². The molecule has 0 fully saturated rings. The number of amides is 1. The van der Waals surface area contributed by atoms with Gasteiger partial charge in [-0.3, -0.25) is 14.2 Å². The summed E-state index contributed by atoms with van der Waals surface area (Å²) in [6.07, 6.45) is 0.395. The summed E-state index contributed by atoms with van der Waals surface area (Å²) in [7, 11) is 0. The maximum absolute atomic E-state index is 11.9. The molecule has 2 aromatic rings. The van der Waals surface area contributed by atoms with Gasteiger partial charge in [0, 0.05) is 18.7 Å². The van der Waals surface area contributed by atoms with Gasteiger partial charge in [-0.05, 0) is 43.6 Å². The first-order valence-corrected chi connectivity index (χ1v) is 8.64. The van der Waals surface area contributed by atoms with Crippen LogP contribution in [-0.2, 0) is 17.9 Å². The van der Waals surface area contributed by atoms with Gasteiger partial charge in [0.05, 0.1) is 39.7 Å². The zero-order valence-corrected chi connectivity index (χ0v) is 16.1. The van der Waals surface area contributed by atoms with E-state index in [-0.39, 0.29) is 5.91 Å². The van der Waals surface area contributed by atoms with Gasteiger partial charge in [0.2, 0.25) is 5.91 Å². The molecule has 23 heavy (non-hydrogen) atoms. The Balaban J connectivity index is 1.79. The Morgan fingerprint density at radius 2 is 1.70 bits per heavy atom. The lowest BCUT2D eigenvalue weighted by Gasteiger charge is -2.08. The van der Waals surface area contributed by atoms with E-state index in [0.717, 1.165) is 27.2 Å². The van der Waals surface area contributed by atoms with Crippen LogP contribution in [0.25, 0.3) is 0 Å². The van der Waals surface area contributed by atoms with Gasteiger partial charge < -0.3 is 5.32 Å². The number of carbonyl (C=O) groups is 1. The second-order valence-corrected chi connectivity index (χ2v) is 6.69. The molecule has 0 spiro atoms. The highest BCUT2D eigenvalue weighted by atomic mass is 79.9. The molecule has 126 valence electrons. The van der Waals surface area contributed by atoms with Crippen molar-refractivity contribution in [1.82, 2.24) is 24.9 Å². The third-order valence-corrected chi connectivity index (χ3v) is 5.48. The number of hydrogen-bond acceptors (Lipinski definition) is 3. The highest BCUT2D eigenvalue weighted by molar-refractivity contribution is 9.10. The number of aryl methyl sites for hydroxylation is 3. The van der Waals surface area contributed by atoms with E-state index in [1.54, 1.807) is 0 Å². The quantitative estimate of drug-likeness (QED) is 0.808. The highest BCUT2D eigenvalue weighted by Gasteiger charge is 2.11. The van der Waals surface area contributed by atoms with E-state index < -0.39 is 0 Å². The minimum Gasteiger partial charge on any atom is -0.354 e. The molecule has 2 heterocycles. The molecule has 1 N–H and O–H groups in total. The minimum atomic E-state index is 0.00121. The molecule has 8 heteroatoms. The van der Waals surface area contributed by atoms with E-state index in [4.69, 9.17) is 11.6 Å². The second-order valence-electron chi connectivity index (χ2n) is 5.52. The smallest absolute Gasteiger partial charge is 0.221 e. The Morgan fingerprint density at radius 3 is 2.22 bits per heavy atom. The van der Waals surface area contributed by atoms with Crippen LogP contribution in [0.15, 0.2) is 4.47 Å². The third kappa shape index (κ3) is 4.14. The standard InChI is InChI=1S/C15H21BrClN5O/c1-9-14(16)11(3)21(19-9)7-5-13(23)18-6-8-22-12(4)15(17)10(2)20-22/h5-8H2,1-4H3,(H,18,23). The zero-order chi connectivity index (χ0) is 17.1. The van der Waals surface area contributed by atoms with Crippen molar-refractivity contribution in [3.8, 4) is 0 Å². The summed E-state index contributed by atoms with van der Waals surface area (Å²) in [5, 5.41) is 12.3. The van der Waals surface area contributed by atoms with Gasteiger partial charge in [-0.15, -0.1) is 0 Å². The largest absolute Gasteiger partial charge is 0.354 e. The molecule has 1 amide bonds. The van der Waals surface area contributed by atoms with E-state index in [9.17, 15) is 4.79 Å². The topological polar surface area (TPSA) is 64.7 Å². The first-order valence-electron chi connectivity index (χ1n) is 7.47. The average molecular weight is 403 g/mol. The molecule has 0 aliphatic rings. The molecule has 2 aromatic heterocycles.